The third-order valence-electron chi connectivity index (χ3n) is 2.91. The smallest absolute Gasteiger partial charge is 0.387 e. The molecule has 0 aliphatic carbocycles. The quantitative estimate of drug-likeness (QED) is 0.773. The molecule has 0 saturated heterocycles. The number of ether oxygens (including phenoxy) is 1. The monoisotopic (exact) mass is 301 g/mol. The van der Waals surface area contributed by atoms with Crippen LogP contribution in [-0.2, 0) is 4.79 Å². The number of carbonyl (C=O) groups excluding carboxylic acids is 1. The summed E-state index contributed by atoms with van der Waals surface area (Å²) in [6.45, 7) is -0.915. The average Bonchev–Trinajstić information content (AvgIpc) is 2.42. The van der Waals surface area contributed by atoms with Crippen molar-refractivity contribution in [2.75, 3.05) is 6.54 Å². The summed E-state index contributed by atoms with van der Waals surface area (Å²) in [5.74, 6) is -1.66. The highest BCUT2D eigenvalue weighted by Gasteiger charge is 2.14. The van der Waals surface area contributed by atoms with Crippen LogP contribution in [0.15, 0.2) is 24.3 Å². The first kappa shape index (κ1) is 16.9. The Labute approximate surface area is 120 Å². The fourth-order valence-electron chi connectivity index (χ4n) is 1.76. The number of halogens is 2. The summed E-state index contributed by atoms with van der Waals surface area (Å²) in [6.07, 6.45) is 0.576. The third-order valence-corrected chi connectivity index (χ3v) is 2.91. The van der Waals surface area contributed by atoms with Crippen LogP contribution in [0, 0.1) is 5.92 Å². The van der Waals surface area contributed by atoms with Gasteiger partial charge >= 0.3 is 12.6 Å². The summed E-state index contributed by atoms with van der Waals surface area (Å²) < 4.78 is 28.4. The minimum absolute atomic E-state index is 0.0364. The molecule has 0 aliphatic rings. The van der Waals surface area contributed by atoms with Crippen LogP contribution >= 0.6 is 0 Å². The molecule has 1 amide bonds. The van der Waals surface area contributed by atoms with Crippen molar-refractivity contribution in [2.45, 2.75) is 26.4 Å². The number of carbonyl (C=O) groups is 2. The fraction of sp³-hybridized carbons (Fsp3) is 0.429. The number of rotatable bonds is 8. The van der Waals surface area contributed by atoms with Gasteiger partial charge in [-0.25, -0.2) is 0 Å². The second-order valence-electron chi connectivity index (χ2n) is 4.49. The molecular formula is C14H17F2NO4. The first-order valence-electron chi connectivity index (χ1n) is 6.47. The van der Waals surface area contributed by atoms with E-state index < -0.39 is 18.5 Å². The minimum atomic E-state index is -2.96. The number of aliphatic carboxylic acids is 1. The topological polar surface area (TPSA) is 75.6 Å². The number of hydrogen-bond donors (Lipinski definition) is 2. The van der Waals surface area contributed by atoms with Crippen LogP contribution in [0.3, 0.4) is 0 Å². The van der Waals surface area contributed by atoms with Gasteiger partial charge in [0, 0.05) is 18.5 Å². The number of carboxylic acids is 1. The van der Waals surface area contributed by atoms with E-state index in [-0.39, 0.29) is 30.2 Å². The van der Waals surface area contributed by atoms with Crippen LogP contribution < -0.4 is 10.1 Å². The van der Waals surface area contributed by atoms with Crippen molar-refractivity contribution in [1.29, 1.82) is 0 Å². The van der Waals surface area contributed by atoms with Gasteiger partial charge in [-0.2, -0.15) is 8.78 Å². The standard InChI is InChI=1S/C14H17F2NO4/c1-2-9(6-12(18)19)8-17-13(20)10-4-3-5-11(7-10)21-14(15)16/h3-5,7,9,14H,2,6,8H2,1H3,(H,17,20)(H,18,19). The number of benzene rings is 1. The first-order chi connectivity index (χ1) is 9.92. The van der Waals surface area contributed by atoms with Gasteiger partial charge in [-0.3, -0.25) is 9.59 Å². The summed E-state index contributed by atoms with van der Waals surface area (Å²) in [4.78, 5) is 22.5. The molecule has 1 atom stereocenters. The third kappa shape index (κ3) is 6.20. The number of amides is 1. The van der Waals surface area contributed by atoms with Crippen molar-refractivity contribution in [1.82, 2.24) is 5.32 Å². The molecule has 1 aromatic carbocycles. The van der Waals surface area contributed by atoms with E-state index in [4.69, 9.17) is 5.11 Å². The second kappa shape index (κ2) is 8.18. The predicted octanol–water partition coefficient (Wildman–Crippen LogP) is 2.52. The second-order valence-corrected chi connectivity index (χ2v) is 4.49. The Morgan fingerprint density at radius 2 is 2.10 bits per heavy atom. The van der Waals surface area contributed by atoms with Gasteiger partial charge in [-0.15, -0.1) is 0 Å². The van der Waals surface area contributed by atoms with Crippen molar-refractivity contribution in [3.8, 4) is 5.75 Å². The molecule has 1 unspecified atom stereocenters. The van der Waals surface area contributed by atoms with E-state index in [9.17, 15) is 18.4 Å². The fourth-order valence-corrected chi connectivity index (χ4v) is 1.76. The van der Waals surface area contributed by atoms with Crippen LogP contribution in [0.25, 0.3) is 0 Å². The number of hydrogen-bond acceptors (Lipinski definition) is 3. The molecule has 21 heavy (non-hydrogen) atoms. The molecule has 1 rings (SSSR count). The lowest BCUT2D eigenvalue weighted by molar-refractivity contribution is -0.138. The molecule has 116 valence electrons. The van der Waals surface area contributed by atoms with Crippen LogP contribution in [-0.4, -0.2) is 30.1 Å². The maximum Gasteiger partial charge on any atom is 0.387 e. The van der Waals surface area contributed by atoms with Crippen LogP contribution in [0.1, 0.15) is 30.1 Å². The van der Waals surface area contributed by atoms with E-state index in [0.717, 1.165) is 0 Å². The Hall–Kier alpha value is -2.18. The Bertz CT molecular complexity index is 494. The van der Waals surface area contributed by atoms with Crippen LogP contribution in [0.2, 0.25) is 0 Å². The molecule has 5 nitrogen and oxygen atoms in total. The summed E-state index contributed by atoms with van der Waals surface area (Å²) in [5.41, 5.74) is 0.179. The molecule has 7 heteroatoms. The highest BCUT2D eigenvalue weighted by Crippen LogP contribution is 2.16. The molecule has 0 aliphatic heterocycles. The van der Waals surface area contributed by atoms with Gasteiger partial charge in [0.05, 0.1) is 0 Å². The lowest BCUT2D eigenvalue weighted by atomic mass is 10.0. The van der Waals surface area contributed by atoms with Gasteiger partial charge in [-0.1, -0.05) is 19.4 Å². The Balaban J connectivity index is 2.60. The largest absolute Gasteiger partial charge is 0.481 e. The van der Waals surface area contributed by atoms with Crippen molar-refractivity contribution in [2.24, 2.45) is 5.92 Å². The van der Waals surface area contributed by atoms with Crippen LogP contribution in [0.5, 0.6) is 5.75 Å². The van der Waals surface area contributed by atoms with Crippen molar-refractivity contribution in [3.05, 3.63) is 29.8 Å². The van der Waals surface area contributed by atoms with Crippen molar-refractivity contribution in [3.63, 3.8) is 0 Å². The van der Waals surface area contributed by atoms with E-state index in [0.29, 0.717) is 6.42 Å². The molecule has 1 aromatic rings. The van der Waals surface area contributed by atoms with Gasteiger partial charge in [0.2, 0.25) is 0 Å². The number of carboxylic acid groups (broad SMARTS) is 1. The maximum atomic E-state index is 12.1. The lowest BCUT2D eigenvalue weighted by Gasteiger charge is -2.13. The molecule has 2 N–H and O–H groups in total. The minimum Gasteiger partial charge on any atom is -0.481 e. The first-order valence-corrected chi connectivity index (χ1v) is 6.47. The summed E-state index contributed by atoms with van der Waals surface area (Å²) >= 11 is 0. The molecular weight excluding hydrogens is 284 g/mol. The summed E-state index contributed by atoms with van der Waals surface area (Å²) in [7, 11) is 0. The molecule has 0 bridgehead atoms. The molecule has 0 aromatic heterocycles. The average molecular weight is 301 g/mol. The van der Waals surface area contributed by atoms with E-state index in [1.807, 2.05) is 6.92 Å². The van der Waals surface area contributed by atoms with Crippen molar-refractivity contribution < 1.29 is 28.2 Å². The summed E-state index contributed by atoms with van der Waals surface area (Å²) in [6, 6.07) is 5.43. The Morgan fingerprint density at radius 1 is 1.38 bits per heavy atom. The zero-order chi connectivity index (χ0) is 15.8. The normalized spacial score (nSPS) is 12.0. The highest BCUT2D eigenvalue weighted by molar-refractivity contribution is 5.94. The number of nitrogens with one attached hydrogen (secondary N) is 1. The predicted molar refractivity (Wildman–Crippen MR) is 71.4 cm³/mol. The molecule has 0 spiro atoms. The number of alkyl halides is 2. The van der Waals surface area contributed by atoms with E-state index in [2.05, 4.69) is 10.1 Å². The van der Waals surface area contributed by atoms with Gasteiger partial charge in [0.1, 0.15) is 5.75 Å². The zero-order valence-corrected chi connectivity index (χ0v) is 11.5. The zero-order valence-electron chi connectivity index (χ0n) is 11.5. The molecule has 0 saturated carbocycles. The van der Waals surface area contributed by atoms with E-state index >= 15 is 0 Å². The Kier molecular flexibility index (Phi) is 6.58. The van der Waals surface area contributed by atoms with Crippen molar-refractivity contribution >= 4 is 11.9 Å². The van der Waals surface area contributed by atoms with E-state index in [1.165, 1.54) is 24.3 Å². The maximum absolute atomic E-state index is 12.1. The molecule has 0 fully saturated rings. The van der Waals surface area contributed by atoms with Gasteiger partial charge in [-0.05, 0) is 24.1 Å². The van der Waals surface area contributed by atoms with Crippen LogP contribution in [0.4, 0.5) is 8.78 Å². The molecule has 0 heterocycles. The Morgan fingerprint density at radius 3 is 2.67 bits per heavy atom. The van der Waals surface area contributed by atoms with Gasteiger partial charge < -0.3 is 15.2 Å². The molecule has 0 radical (unpaired) electrons. The highest BCUT2D eigenvalue weighted by atomic mass is 19.3. The SMILES string of the molecule is CCC(CNC(=O)c1cccc(OC(F)F)c1)CC(=O)O. The van der Waals surface area contributed by atoms with Gasteiger partial charge in [0.25, 0.3) is 5.91 Å². The van der Waals surface area contributed by atoms with E-state index in [1.54, 1.807) is 0 Å². The van der Waals surface area contributed by atoms with Gasteiger partial charge in [0.15, 0.2) is 0 Å². The lowest BCUT2D eigenvalue weighted by Crippen LogP contribution is -2.30. The summed E-state index contributed by atoms with van der Waals surface area (Å²) in [5, 5.41) is 11.3.